The van der Waals surface area contributed by atoms with E-state index in [9.17, 15) is 14.4 Å². The predicted octanol–water partition coefficient (Wildman–Crippen LogP) is 1.40. The number of benzene rings is 2. The summed E-state index contributed by atoms with van der Waals surface area (Å²) in [5.74, 6) is -0.309. The minimum atomic E-state index is -0.868. The maximum Gasteiger partial charge on any atom is 0.338 e. The van der Waals surface area contributed by atoms with Crippen LogP contribution in [-0.4, -0.2) is 58.3 Å². The smallest absolute Gasteiger partial charge is 0.338 e. The molecule has 1 aliphatic heterocycles. The number of para-hydroxylation sites is 2. The van der Waals surface area contributed by atoms with Gasteiger partial charge in [-0.05, 0) is 24.3 Å². The van der Waals surface area contributed by atoms with Gasteiger partial charge in [-0.1, -0.05) is 12.1 Å². The molecule has 9 nitrogen and oxygen atoms in total. The number of esters is 1. The number of rotatable bonds is 6. The summed E-state index contributed by atoms with van der Waals surface area (Å²) in [5, 5.41) is 2.51. The molecular weight excluding hydrogens is 392 g/mol. The number of likely N-dealkylation sites (N-methyl/N-ethyl adjacent to an activating group) is 1. The van der Waals surface area contributed by atoms with Crippen molar-refractivity contribution in [2.24, 2.45) is 0 Å². The van der Waals surface area contributed by atoms with Gasteiger partial charge in [0.15, 0.2) is 12.7 Å². The molecule has 1 aliphatic rings. The fourth-order valence-electron chi connectivity index (χ4n) is 2.98. The van der Waals surface area contributed by atoms with E-state index in [2.05, 4.69) is 5.32 Å². The van der Waals surface area contributed by atoms with Gasteiger partial charge in [0.1, 0.15) is 17.2 Å². The Morgan fingerprint density at radius 2 is 1.77 bits per heavy atom. The van der Waals surface area contributed by atoms with Crippen LogP contribution in [0.15, 0.2) is 42.5 Å². The van der Waals surface area contributed by atoms with E-state index in [1.807, 2.05) is 0 Å². The average Bonchev–Trinajstić information content (AvgIpc) is 2.80. The quantitative estimate of drug-likeness (QED) is 0.713. The van der Waals surface area contributed by atoms with Crippen LogP contribution in [0.4, 0.5) is 5.69 Å². The first-order valence-electron chi connectivity index (χ1n) is 9.14. The van der Waals surface area contributed by atoms with Crippen LogP contribution in [0.25, 0.3) is 0 Å². The Balaban J connectivity index is 1.74. The molecule has 0 fully saturated rings. The van der Waals surface area contributed by atoms with Crippen LogP contribution in [-0.2, 0) is 14.3 Å². The van der Waals surface area contributed by atoms with Gasteiger partial charge < -0.3 is 29.2 Å². The number of hydrogen-bond donors (Lipinski definition) is 1. The van der Waals surface area contributed by atoms with Crippen molar-refractivity contribution in [1.82, 2.24) is 5.32 Å². The van der Waals surface area contributed by atoms with Crippen LogP contribution in [0.2, 0.25) is 0 Å². The highest BCUT2D eigenvalue weighted by Gasteiger charge is 2.33. The monoisotopic (exact) mass is 414 g/mol. The molecule has 0 radical (unpaired) electrons. The molecule has 3 rings (SSSR count). The third-order valence-corrected chi connectivity index (χ3v) is 4.53. The molecule has 2 amide bonds. The van der Waals surface area contributed by atoms with Crippen LogP contribution in [0, 0.1) is 0 Å². The molecular formula is C21H22N2O7. The van der Waals surface area contributed by atoms with E-state index in [0.29, 0.717) is 22.9 Å². The summed E-state index contributed by atoms with van der Waals surface area (Å²) in [7, 11) is 4.42. The Hall–Kier alpha value is -3.75. The largest absolute Gasteiger partial charge is 0.497 e. The van der Waals surface area contributed by atoms with Crippen molar-refractivity contribution in [3.63, 3.8) is 0 Å². The molecule has 0 spiro atoms. The summed E-state index contributed by atoms with van der Waals surface area (Å²) in [6, 6.07) is 11.4. The molecule has 30 heavy (non-hydrogen) atoms. The lowest BCUT2D eigenvalue weighted by molar-refractivity contribution is -0.128. The normalized spacial score (nSPS) is 14.8. The summed E-state index contributed by atoms with van der Waals surface area (Å²) < 4.78 is 21.1. The lowest BCUT2D eigenvalue weighted by Gasteiger charge is -2.33. The Labute approximate surface area is 173 Å². The number of amides is 2. The van der Waals surface area contributed by atoms with Gasteiger partial charge in [-0.15, -0.1) is 0 Å². The van der Waals surface area contributed by atoms with E-state index in [-0.39, 0.29) is 18.0 Å². The highest BCUT2D eigenvalue weighted by molar-refractivity contribution is 5.99. The Morgan fingerprint density at radius 3 is 2.40 bits per heavy atom. The fraction of sp³-hybridized carbons (Fsp3) is 0.286. The molecule has 0 saturated heterocycles. The third kappa shape index (κ3) is 4.45. The first-order valence-corrected chi connectivity index (χ1v) is 9.14. The van der Waals surface area contributed by atoms with E-state index in [4.69, 9.17) is 18.9 Å². The first kappa shape index (κ1) is 21.0. The van der Waals surface area contributed by atoms with Crippen molar-refractivity contribution >= 4 is 23.5 Å². The van der Waals surface area contributed by atoms with Crippen LogP contribution in [0.5, 0.6) is 17.2 Å². The highest BCUT2D eigenvalue weighted by Crippen LogP contribution is 2.33. The zero-order chi connectivity index (χ0) is 21.7. The number of methoxy groups -OCH3 is 2. The van der Waals surface area contributed by atoms with Gasteiger partial charge in [0.05, 0.1) is 32.0 Å². The molecule has 0 aromatic heterocycles. The van der Waals surface area contributed by atoms with E-state index >= 15 is 0 Å². The fourth-order valence-corrected chi connectivity index (χ4v) is 2.98. The van der Waals surface area contributed by atoms with Crippen molar-refractivity contribution < 1.29 is 33.3 Å². The Bertz CT molecular complexity index is 938. The molecule has 0 saturated carbocycles. The molecule has 0 aliphatic carbocycles. The molecule has 2 aromatic carbocycles. The molecule has 158 valence electrons. The Morgan fingerprint density at radius 1 is 1.10 bits per heavy atom. The number of fused-ring (bicyclic) bond motifs is 1. The summed E-state index contributed by atoms with van der Waals surface area (Å²) in [6.07, 6.45) is -0.868. The minimum Gasteiger partial charge on any atom is -0.497 e. The van der Waals surface area contributed by atoms with Crippen molar-refractivity contribution in [3.05, 3.63) is 48.0 Å². The standard InChI is InChI=1S/C21H22N2O7/c1-22-20(25)18-11-23(16-6-4-5-7-17(16)30-18)19(24)12-29-21(26)13-8-14(27-2)10-15(9-13)28-3/h4-10,18H,11-12H2,1-3H3,(H,22,25). The molecule has 1 heterocycles. The van der Waals surface area contributed by atoms with Crippen LogP contribution >= 0.6 is 0 Å². The van der Waals surface area contributed by atoms with Gasteiger partial charge in [0.2, 0.25) is 0 Å². The molecule has 1 unspecified atom stereocenters. The van der Waals surface area contributed by atoms with E-state index < -0.39 is 24.6 Å². The van der Waals surface area contributed by atoms with E-state index in [0.717, 1.165) is 0 Å². The average molecular weight is 414 g/mol. The minimum absolute atomic E-state index is 0.0000528. The number of nitrogens with zero attached hydrogens (tertiary/aromatic N) is 1. The lowest BCUT2D eigenvalue weighted by atomic mass is 10.1. The van der Waals surface area contributed by atoms with Crippen molar-refractivity contribution in [2.45, 2.75) is 6.10 Å². The molecule has 1 atom stereocenters. The number of nitrogens with one attached hydrogen (secondary N) is 1. The maximum absolute atomic E-state index is 12.8. The third-order valence-electron chi connectivity index (χ3n) is 4.53. The summed E-state index contributed by atoms with van der Waals surface area (Å²) in [4.78, 5) is 38.7. The number of ether oxygens (including phenoxy) is 4. The zero-order valence-electron chi connectivity index (χ0n) is 16.8. The van der Waals surface area contributed by atoms with E-state index in [1.54, 1.807) is 30.3 Å². The molecule has 9 heteroatoms. The maximum atomic E-state index is 12.8. The second-order valence-corrected chi connectivity index (χ2v) is 6.37. The number of anilines is 1. The Kier molecular flexibility index (Phi) is 6.41. The summed E-state index contributed by atoms with van der Waals surface area (Å²) >= 11 is 0. The van der Waals surface area contributed by atoms with Gasteiger partial charge in [-0.2, -0.15) is 0 Å². The van der Waals surface area contributed by atoms with Crippen molar-refractivity contribution in [3.8, 4) is 17.2 Å². The van der Waals surface area contributed by atoms with Gasteiger partial charge in [0.25, 0.3) is 11.8 Å². The number of hydrogen-bond acceptors (Lipinski definition) is 7. The van der Waals surface area contributed by atoms with Crippen molar-refractivity contribution in [1.29, 1.82) is 0 Å². The van der Waals surface area contributed by atoms with Gasteiger partial charge in [-0.3, -0.25) is 9.59 Å². The molecule has 0 bridgehead atoms. The first-order chi connectivity index (χ1) is 14.5. The second-order valence-electron chi connectivity index (χ2n) is 6.37. The zero-order valence-corrected chi connectivity index (χ0v) is 16.8. The lowest BCUT2D eigenvalue weighted by Crippen LogP contribution is -2.51. The van der Waals surface area contributed by atoms with Gasteiger partial charge >= 0.3 is 5.97 Å². The second kappa shape index (κ2) is 9.17. The summed E-state index contributed by atoms with van der Waals surface area (Å²) in [5.41, 5.74) is 0.686. The van der Waals surface area contributed by atoms with Crippen LogP contribution in [0.1, 0.15) is 10.4 Å². The SMILES string of the molecule is CNC(=O)C1CN(C(=O)COC(=O)c2cc(OC)cc(OC)c2)c2ccccc2O1. The highest BCUT2D eigenvalue weighted by atomic mass is 16.5. The van der Waals surface area contributed by atoms with Crippen molar-refractivity contribution in [2.75, 3.05) is 39.3 Å². The predicted molar refractivity (Wildman–Crippen MR) is 107 cm³/mol. The van der Waals surface area contributed by atoms with E-state index in [1.165, 1.54) is 38.3 Å². The molecule has 1 N–H and O–H groups in total. The molecule has 2 aromatic rings. The number of carbonyl (C=O) groups is 3. The summed E-state index contributed by atoms with van der Waals surface area (Å²) in [6.45, 7) is -0.507. The van der Waals surface area contributed by atoms with Crippen LogP contribution < -0.4 is 24.4 Å². The number of carbonyl (C=O) groups excluding carboxylic acids is 3. The van der Waals surface area contributed by atoms with Gasteiger partial charge in [-0.25, -0.2) is 4.79 Å². The topological polar surface area (TPSA) is 103 Å². The van der Waals surface area contributed by atoms with Gasteiger partial charge in [0, 0.05) is 13.1 Å². The van der Waals surface area contributed by atoms with Crippen LogP contribution in [0.3, 0.4) is 0 Å².